The molecule has 0 aromatic heterocycles. The molecule has 84 valence electrons. The summed E-state index contributed by atoms with van der Waals surface area (Å²) in [5, 5.41) is 2.37. The third-order valence-electron chi connectivity index (χ3n) is 2.00. The molecular formula is C11H14F3N. The van der Waals surface area contributed by atoms with Crippen molar-refractivity contribution < 1.29 is 13.2 Å². The maximum absolute atomic E-state index is 11.8. The Bertz CT molecular complexity index is 307. The van der Waals surface area contributed by atoms with Gasteiger partial charge in [0.1, 0.15) is 0 Å². The molecule has 0 aliphatic carbocycles. The molecule has 0 saturated heterocycles. The maximum atomic E-state index is 11.8. The normalized spacial score (nSPS) is 11.7. The summed E-state index contributed by atoms with van der Waals surface area (Å²) in [4.78, 5) is 0. The molecule has 0 fully saturated rings. The second kappa shape index (κ2) is 5.16. The molecule has 1 nitrogen and oxygen atoms in total. The Kier molecular flexibility index (Phi) is 4.15. The lowest BCUT2D eigenvalue weighted by Gasteiger charge is -2.08. The van der Waals surface area contributed by atoms with Gasteiger partial charge in [0.25, 0.3) is 0 Å². The first-order valence-electron chi connectivity index (χ1n) is 4.80. The van der Waals surface area contributed by atoms with Crippen molar-refractivity contribution in [3.63, 3.8) is 0 Å². The van der Waals surface area contributed by atoms with E-state index in [4.69, 9.17) is 0 Å². The Hall–Kier alpha value is -1.03. The molecule has 0 saturated carbocycles. The Balaban J connectivity index is 2.26. The second-order valence-electron chi connectivity index (χ2n) is 3.53. The zero-order valence-electron chi connectivity index (χ0n) is 8.56. The van der Waals surface area contributed by atoms with Crippen molar-refractivity contribution in [2.24, 2.45) is 0 Å². The van der Waals surface area contributed by atoms with E-state index >= 15 is 0 Å². The van der Waals surface area contributed by atoms with E-state index in [2.05, 4.69) is 5.32 Å². The van der Waals surface area contributed by atoms with Crippen molar-refractivity contribution in [1.82, 2.24) is 5.32 Å². The lowest BCUT2D eigenvalue weighted by molar-refractivity contribution is -0.124. The molecule has 1 aromatic rings. The van der Waals surface area contributed by atoms with Crippen LogP contribution in [0.5, 0.6) is 0 Å². The van der Waals surface area contributed by atoms with Crippen LogP contribution >= 0.6 is 0 Å². The van der Waals surface area contributed by atoms with Crippen LogP contribution in [0, 0.1) is 6.92 Å². The Labute approximate surface area is 87.3 Å². The Morgan fingerprint density at radius 2 is 2.00 bits per heavy atom. The first-order chi connectivity index (χ1) is 6.97. The highest BCUT2D eigenvalue weighted by atomic mass is 19.4. The van der Waals surface area contributed by atoms with Crippen molar-refractivity contribution in [1.29, 1.82) is 0 Å². The van der Waals surface area contributed by atoms with Crippen LogP contribution < -0.4 is 5.32 Å². The third kappa shape index (κ3) is 5.42. The topological polar surface area (TPSA) is 12.0 Å². The standard InChI is InChI=1S/C11H14F3N/c1-9-3-2-4-10(7-9)5-6-15-8-11(12,13)14/h2-4,7,15H,5-6,8H2,1H3. The predicted molar refractivity (Wildman–Crippen MR) is 53.8 cm³/mol. The van der Waals surface area contributed by atoms with Crippen LogP contribution in [0.1, 0.15) is 11.1 Å². The summed E-state index contributed by atoms with van der Waals surface area (Å²) >= 11 is 0. The van der Waals surface area contributed by atoms with Crippen molar-refractivity contribution in [3.05, 3.63) is 35.4 Å². The molecule has 1 aromatic carbocycles. The summed E-state index contributed by atoms with van der Waals surface area (Å²) in [6.07, 6.45) is -3.50. The molecular weight excluding hydrogens is 203 g/mol. The summed E-state index contributed by atoms with van der Waals surface area (Å²) in [6.45, 7) is 1.40. The molecule has 1 rings (SSSR count). The van der Waals surface area contributed by atoms with E-state index in [1.54, 1.807) is 0 Å². The second-order valence-corrected chi connectivity index (χ2v) is 3.53. The minimum absolute atomic E-state index is 0.350. The highest BCUT2D eigenvalue weighted by Crippen LogP contribution is 2.12. The quantitative estimate of drug-likeness (QED) is 0.764. The average molecular weight is 217 g/mol. The van der Waals surface area contributed by atoms with Crippen LogP contribution in [0.25, 0.3) is 0 Å². The third-order valence-corrected chi connectivity index (χ3v) is 2.00. The maximum Gasteiger partial charge on any atom is 0.401 e. The van der Waals surface area contributed by atoms with Gasteiger partial charge >= 0.3 is 6.18 Å². The number of hydrogen-bond acceptors (Lipinski definition) is 1. The number of alkyl halides is 3. The van der Waals surface area contributed by atoms with E-state index in [0.717, 1.165) is 11.1 Å². The molecule has 0 unspecified atom stereocenters. The van der Waals surface area contributed by atoms with E-state index in [-0.39, 0.29) is 0 Å². The summed E-state index contributed by atoms with van der Waals surface area (Å²) in [5.74, 6) is 0. The SMILES string of the molecule is Cc1cccc(CCNCC(F)(F)F)c1. The Morgan fingerprint density at radius 1 is 1.27 bits per heavy atom. The van der Waals surface area contributed by atoms with Crippen LogP contribution in [0.3, 0.4) is 0 Å². The highest BCUT2D eigenvalue weighted by molar-refractivity contribution is 5.22. The van der Waals surface area contributed by atoms with Crippen molar-refractivity contribution in [2.45, 2.75) is 19.5 Å². The molecule has 15 heavy (non-hydrogen) atoms. The van der Waals surface area contributed by atoms with Crippen LogP contribution in [-0.2, 0) is 6.42 Å². The van der Waals surface area contributed by atoms with Crippen LogP contribution in [0.4, 0.5) is 13.2 Å². The molecule has 0 radical (unpaired) electrons. The van der Waals surface area contributed by atoms with Crippen molar-refractivity contribution >= 4 is 0 Å². The number of aryl methyl sites for hydroxylation is 1. The fourth-order valence-corrected chi connectivity index (χ4v) is 1.33. The summed E-state index contributed by atoms with van der Waals surface area (Å²) in [5.41, 5.74) is 2.19. The zero-order chi connectivity index (χ0) is 11.3. The molecule has 0 bridgehead atoms. The molecule has 4 heteroatoms. The van der Waals surface area contributed by atoms with Crippen molar-refractivity contribution in [3.8, 4) is 0 Å². The average Bonchev–Trinajstić information content (AvgIpc) is 2.11. The lowest BCUT2D eigenvalue weighted by Crippen LogP contribution is -2.30. The van der Waals surface area contributed by atoms with E-state index in [0.29, 0.717) is 13.0 Å². The largest absolute Gasteiger partial charge is 0.401 e. The fourth-order valence-electron chi connectivity index (χ4n) is 1.33. The van der Waals surface area contributed by atoms with E-state index in [1.807, 2.05) is 31.2 Å². The molecule has 0 heterocycles. The van der Waals surface area contributed by atoms with E-state index in [1.165, 1.54) is 0 Å². The van der Waals surface area contributed by atoms with Crippen molar-refractivity contribution in [2.75, 3.05) is 13.1 Å². The van der Waals surface area contributed by atoms with E-state index in [9.17, 15) is 13.2 Å². The van der Waals surface area contributed by atoms with Crippen LogP contribution in [-0.4, -0.2) is 19.3 Å². The number of benzene rings is 1. The van der Waals surface area contributed by atoms with Crippen LogP contribution in [0.2, 0.25) is 0 Å². The number of rotatable bonds is 4. The van der Waals surface area contributed by atoms with Gasteiger partial charge in [-0.15, -0.1) is 0 Å². The lowest BCUT2D eigenvalue weighted by atomic mass is 10.1. The van der Waals surface area contributed by atoms with Gasteiger partial charge in [-0.05, 0) is 25.5 Å². The van der Waals surface area contributed by atoms with Gasteiger partial charge in [0, 0.05) is 0 Å². The number of halogens is 3. The van der Waals surface area contributed by atoms with Gasteiger partial charge in [-0.3, -0.25) is 0 Å². The monoisotopic (exact) mass is 217 g/mol. The minimum Gasteiger partial charge on any atom is -0.308 e. The summed E-state index contributed by atoms with van der Waals surface area (Å²) in [7, 11) is 0. The molecule has 0 aliphatic heterocycles. The molecule has 0 spiro atoms. The fraction of sp³-hybridized carbons (Fsp3) is 0.455. The van der Waals surface area contributed by atoms with Gasteiger partial charge in [-0.2, -0.15) is 13.2 Å². The molecule has 0 amide bonds. The summed E-state index contributed by atoms with van der Waals surface area (Å²) < 4.78 is 35.3. The predicted octanol–water partition coefficient (Wildman–Crippen LogP) is 2.69. The highest BCUT2D eigenvalue weighted by Gasteiger charge is 2.25. The minimum atomic E-state index is -4.12. The van der Waals surface area contributed by atoms with Gasteiger partial charge in [-0.1, -0.05) is 29.8 Å². The van der Waals surface area contributed by atoms with Crippen LogP contribution in [0.15, 0.2) is 24.3 Å². The Morgan fingerprint density at radius 3 is 2.60 bits per heavy atom. The summed E-state index contributed by atoms with van der Waals surface area (Å²) in [6, 6.07) is 7.78. The molecule has 0 aliphatic rings. The zero-order valence-corrected chi connectivity index (χ0v) is 8.56. The molecule has 0 atom stereocenters. The number of nitrogens with one attached hydrogen (secondary N) is 1. The first-order valence-corrected chi connectivity index (χ1v) is 4.80. The van der Waals surface area contributed by atoms with Gasteiger partial charge in [-0.25, -0.2) is 0 Å². The molecule has 1 N–H and O–H groups in total. The van der Waals surface area contributed by atoms with Gasteiger partial charge < -0.3 is 5.32 Å². The smallest absolute Gasteiger partial charge is 0.308 e. The number of hydrogen-bond donors (Lipinski definition) is 1. The van der Waals surface area contributed by atoms with E-state index < -0.39 is 12.7 Å². The first kappa shape index (κ1) is 12.0. The van der Waals surface area contributed by atoms with Gasteiger partial charge in [0.2, 0.25) is 0 Å². The van der Waals surface area contributed by atoms with Gasteiger partial charge in [0.05, 0.1) is 6.54 Å². The van der Waals surface area contributed by atoms with Gasteiger partial charge in [0.15, 0.2) is 0 Å².